The number of rotatable bonds is 6. The van der Waals surface area contributed by atoms with E-state index < -0.39 is 23.6 Å². The standard InChI is InChI=1S/C31H35N2.C11H8N.Ir/c1-30(2,3)19-23-7-11-25(12-8-23)26-15-17-29(18-16-26)33-22-28(21-32-33)27-13-9-24(10-14-27)20-31(4,5)6;1-2-6-10(7-3-1)11-8-4-5-9-12-11;/h7-17,21-22H,19-20H2,1-6H3;1-6,8-9H;/q2*-1;/i19D2,20D2;;. The minimum absolute atomic E-state index is 0. The third-order valence-corrected chi connectivity index (χ3v) is 6.75. The largest absolute Gasteiger partial charge is 0.305 e. The molecule has 0 fully saturated rings. The summed E-state index contributed by atoms with van der Waals surface area (Å²) in [7, 11) is 0. The van der Waals surface area contributed by atoms with Crippen molar-refractivity contribution < 1.29 is 25.6 Å². The molecule has 0 saturated heterocycles. The second-order valence-electron chi connectivity index (χ2n) is 13.0. The first-order chi connectivity index (χ1) is 23.1. The van der Waals surface area contributed by atoms with Gasteiger partial charge >= 0.3 is 0 Å². The molecule has 2 aromatic heterocycles. The Labute approximate surface area is 294 Å². The number of nitrogens with zero attached hydrogens (tertiary/aromatic N) is 3. The Kier molecular flexibility index (Phi) is 9.84. The zero-order chi connectivity index (χ0) is 35.5. The van der Waals surface area contributed by atoms with Crippen molar-refractivity contribution in [3.05, 3.63) is 151 Å². The van der Waals surface area contributed by atoms with Gasteiger partial charge in [0.2, 0.25) is 0 Å². The van der Waals surface area contributed by atoms with Crippen molar-refractivity contribution in [2.45, 2.75) is 54.3 Å². The van der Waals surface area contributed by atoms with Crippen molar-refractivity contribution in [3.8, 4) is 39.2 Å². The summed E-state index contributed by atoms with van der Waals surface area (Å²) in [6.45, 7) is 11.5. The van der Waals surface area contributed by atoms with Crippen LogP contribution < -0.4 is 0 Å². The monoisotopic (exact) mass is 786 g/mol. The van der Waals surface area contributed by atoms with Crippen LogP contribution in [0.3, 0.4) is 0 Å². The summed E-state index contributed by atoms with van der Waals surface area (Å²) in [5, 5.41) is 4.51. The van der Waals surface area contributed by atoms with Gasteiger partial charge in [-0.15, -0.1) is 47.5 Å². The van der Waals surface area contributed by atoms with Gasteiger partial charge in [0, 0.05) is 43.5 Å². The fourth-order valence-electron chi connectivity index (χ4n) is 4.78. The molecule has 237 valence electrons. The quantitative estimate of drug-likeness (QED) is 0.158. The van der Waals surface area contributed by atoms with Gasteiger partial charge < -0.3 is 4.98 Å². The van der Waals surface area contributed by atoms with Crippen molar-refractivity contribution in [2.24, 2.45) is 10.8 Å². The maximum absolute atomic E-state index is 8.48. The van der Waals surface area contributed by atoms with Crippen LogP contribution in [0.4, 0.5) is 0 Å². The normalized spacial score (nSPS) is 13.2. The summed E-state index contributed by atoms with van der Waals surface area (Å²) in [6, 6.07) is 41.3. The van der Waals surface area contributed by atoms with Crippen molar-refractivity contribution in [1.82, 2.24) is 14.8 Å². The molecule has 6 rings (SSSR count). The summed E-state index contributed by atoms with van der Waals surface area (Å²) in [5.74, 6) is 0. The molecule has 0 unspecified atom stereocenters. The topological polar surface area (TPSA) is 30.7 Å². The van der Waals surface area contributed by atoms with Crippen LogP contribution in [0.5, 0.6) is 0 Å². The van der Waals surface area contributed by atoms with Gasteiger partial charge in [-0.05, 0) is 57.7 Å². The van der Waals surface area contributed by atoms with Gasteiger partial charge in [0.25, 0.3) is 0 Å². The zero-order valence-corrected chi connectivity index (χ0v) is 29.7. The fourth-order valence-corrected chi connectivity index (χ4v) is 4.78. The first kappa shape index (κ1) is 29.3. The molecule has 0 spiro atoms. The average molecular weight is 786 g/mol. The molecule has 46 heavy (non-hydrogen) atoms. The second kappa shape index (κ2) is 15.5. The zero-order valence-electron chi connectivity index (χ0n) is 31.3. The predicted octanol–water partition coefficient (Wildman–Crippen LogP) is 10.7. The van der Waals surface area contributed by atoms with Gasteiger partial charge in [0.05, 0.1) is 6.20 Å². The second-order valence-corrected chi connectivity index (χ2v) is 13.0. The molecule has 0 amide bonds. The molecule has 2 heterocycles. The predicted molar refractivity (Wildman–Crippen MR) is 188 cm³/mol. The molecule has 0 bridgehead atoms. The van der Waals surface area contributed by atoms with Crippen LogP contribution in [0, 0.1) is 23.0 Å². The minimum Gasteiger partial charge on any atom is -0.305 e. The minimum atomic E-state index is -1.43. The van der Waals surface area contributed by atoms with Crippen LogP contribution in [-0.2, 0) is 32.9 Å². The van der Waals surface area contributed by atoms with E-state index in [1.54, 1.807) is 17.1 Å². The van der Waals surface area contributed by atoms with E-state index in [1.165, 1.54) is 0 Å². The summed E-state index contributed by atoms with van der Waals surface area (Å²) < 4.78 is 35.7. The molecule has 0 saturated carbocycles. The first-order valence-electron chi connectivity index (χ1n) is 17.2. The maximum atomic E-state index is 8.48. The van der Waals surface area contributed by atoms with E-state index in [2.05, 4.69) is 22.2 Å². The maximum Gasteiger partial charge on any atom is 0.0571 e. The molecular formula is C42H43IrN3-2. The molecular weight excluding hydrogens is 739 g/mol. The summed E-state index contributed by atoms with van der Waals surface area (Å²) in [5.41, 5.74) is 7.12. The number of hydrogen-bond acceptors (Lipinski definition) is 2. The molecule has 0 aliphatic carbocycles. The van der Waals surface area contributed by atoms with Crippen molar-refractivity contribution in [1.29, 1.82) is 0 Å². The van der Waals surface area contributed by atoms with E-state index >= 15 is 0 Å². The van der Waals surface area contributed by atoms with Crippen molar-refractivity contribution >= 4 is 0 Å². The van der Waals surface area contributed by atoms with Crippen LogP contribution in [0.25, 0.3) is 39.2 Å². The average Bonchev–Trinajstić information content (AvgIpc) is 3.59. The smallest absolute Gasteiger partial charge is 0.0571 e. The van der Waals surface area contributed by atoms with Crippen LogP contribution in [-0.4, -0.2) is 14.8 Å². The molecule has 4 aromatic carbocycles. The van der Waals surface area contributed by atoms with E-state index in [1.807, 2.05) is 157 Å². The molecule has 0 aliphatic rings. The van der Waals surface area contributed by atoms with Gasteiger partial charge in [-0.25, -0.2) is 0 Å². The number of benzene rings is 4. The first-order valence-corrected chi connectivity index (χ1v) is 15.2. The van der Waals surface area contributed by atoms with Crippen molar-refractivity contribution in [3.63, 3.8) is 0 Å². The van der Waals surface area contributed by atoms with Gasteiger partial charge in [-0.3, -0.25) is 4.68 Å². The Balaban J connectivity index is 0.000000362. The molecule has 0 aliphatic heterocycles. The molecule has 0 atom stereocenters. The Morgan fingerprint density at radius 3 is 1.74 bits per heavy atom. The summed E-state index contributed by atoms with van der Waals surface area (Å²) >= 11 is 0. The van der Waals surface area contributed by atoms with Gasteiger partial charge in [0.1, 0.15) is 0 Å². The Bertz CT molecular complexity index is 1900. The summed E-state index contributed by atoms with van der Waals surface area (Å²) in [4.78, 5) is 4.22. The molecule has 0 N–H and O–H groups in total. The van der Waals surface area contributed by atoms with Crippen LogP contribution >= 0.6 is 0 Å². The fraction of sp³-hybridized carbons (Fsp3) is 0.238. The van der Waals surface area contributed by atoms with E-state index in [9.17, 15) is 0 Å². The molecule has 6 aromatic rings. The molecule has 3 nitrogen and oxygen atoms in total. The van der Waals surface area contributed by atoms with Gasteiger partial charge in [0.15, 0.2) is 0 Å². The van der Waals surface area contributed by atoms with Crippen LogP contribution in [0.1, 0.15) is 58.2 Å². The molecule has 4 heteroatoms. The van der Waals surface area contributed by atoms with E-state index in [4.69, 9.17) is 5.48 Å². The molecule has 1 radical (unpaired) electrons. The Morgan fingerprint density at radius 1 is 0.652 bits per heavy atom. The number of hydrogen-bond donors (Lipinski definition) is 0. The van der Waals surface area contributed by atoms with Gasteiger partial charge in [-0.1, -0.05) is 108 Å². The van der Waals surface area contributed by atoms with Crippen LogP contribution in [0.15, 0.2) is 128 Å². The van der Waals surface area contributed by atoms with E-state index in [-0.39, 0.29) is 20.1 Å². The summed E-state index contributed by atoms with van der Waals surface area (Å²) in [6.07, 6.45) is 2.69. The van der Waals surface area contributed by atoms with Crippen LogP contribution in [0.2, 0.25) is 0 Å². The Hall–Kier alpha value is -4.11. The van der Waals surface area contributed by atoms with Crippen molar-refractivity contribution in [2.75, 3.05) is 0 Å². The van der Waals surface area contributed by atoms with Gasteiger partial charge in [-0.2, -0.15) is 23.3 Å². The van der Waals surface area contributed by atoms with E-state index in [0.29, 0.717) is 11.1 Å². The number of pyridine rings is 1. The third kappa shape index (κ3) is 10.2. The Morgan fingerprint density at radius 2 is 1.24 bits per heavy atom. The SMILES string of the molecule is [2H]C([2H])(c1ccc(-c2c[c-]c(-n3cc(-c4ccc(C([2H])([2H])C(C)(C)C)cc4)cn3)cc2)cc1)C(C)(C)C.[Ir].[c-]1ccccc1-c1ccccn1. The third-order valence-electron chi connectivity index (χ3n) is 6.75. The number of aromatic nitrogens is 3. The van der Waals surface area contributed by atoms with E-state index in [0.717, 1.165) is 39.2 Å².